The lowest BCUT2D eigenvalue weighted by atomic mass is 9.96. The van der Waals surface area contributed by atoms with Crippen LogP contribution >= 0.6 is 11.8 Å². The maximum Gasteiger partial charge on any atom is 0.338 e. The van der Waals surface area contributed by atoms with Gasteiger partial charge in [0.25, 0.3) is 0 Å². The Balaban J connectivity index is 1.63. The average Bonchev–Trinajstić information content (AvgIpc) is 3.27. The summed E-state index contributed by atoms with van der Waals surface area (Å²) >= 11 is 1.58. The molecule has 184 valence electrons. The third-order valence-electron chi connectivity index (χ3n) is 5.47. The second-order valence-corrected chi connectivity index (χ2v) is 9.22. The molecule has 1 atom stereocenters. The van der Waals surface area contributed by atoms with Crippen molar-refractivity contribution in [3.05, 3.63) is 76.7 Å². The first-order chi connectivity index (χ1) is 17.0. The zero-order chi connectivity index (χ0) is 24.8. The third-order valence-corrected chi connectivity index (χ3v) is 6.52. The lowest BCUT2D eigenvalue weighted by Gasteiger charge is -2.28. The first-order valence-electron chi connectivity index (χ1n) is 11.7. The fraction of sp³-hybridized carbons (Fsp3) is 0.346. The highest BCUT2D eigenvalue weighted by atomic mass is 32.2. The van der Waals surface area contributed by atoms with Crippen LogP contribution in [0.5, 0.6) is 5.75 Å². The fourth-order valence-electron chi connectivity index (χ4n) is 3.75. The quantitative estimate of drug-likeness (QED) is 0.283. The van der Waals surface area contributed by atoms with Gasteiger partial charge >= 0.3 is 5.97 Å². The number of anilines is 1. The number of nitrogens with one attached hydrogen (secondary N) is 1. The van der Waals surface area contributed by atoms with Crippen LogP contribution in [0.2, 0.25) is 0 Å². The number of carbonyl (C=O) groups is 1. The van der Waals surface area contributed by atoms with Gasteiger partial charge in [0.2, 0.25) is 11.1 Å². The van der Waals surface area contributed by atoms with Crippen LogP contribution in [0.25, 0.3) is 0 Å². The second-order valence-electron chi connectivity index (χ2n) is 8.16. The van der Waals surface area contributed by atoms with Crippen molar-refractivity contribution in [1.29, 1.82) is 0 Å². The van der Waals surface area contributed by atoms with E-state index in [-0.39, 0.29) is 18.4 Å². The summed E-state index contributed by atoms with van der Waals surface area (Å²) in [4.78, 5) is 17.7. The van der Waals surface area contributed by atoms with Crippen LogP contribution in [-0.2, 0) is 16.1 Å². The van der Waals surface area contributed by atoms with Gasteiger partial charge in [-0.2, -0.15) is 4.98 Å². The maximum absolute atomic E-state index is 13.9. The number of ether oxygens (including phenoxy) is 2. The molecule has 1 aliphatic heterocycles. The fourth-order valence-corrected chi connectivity index (χ4v) is 4.44. The lowest BCUT2D eigenvalue weighted by Crippen LogP contribution is -2.29. The first-order valence-corrected chi connectivity index (χ1v) is 12.7. The van der Waals surface area contributed by atoms with E-state index in [1.54, 1.807) is 34.6 Å². The molecular formula is C26H29FN4O3S. The molecule has 9 heteroatoms. The van der Waals surface area contributed by atoms with Crippen molar-refractivity contribution in [2.24, 2.45) is 0 Å². The lowest BCUT2D eigenvalue weighted by molar-refractivity contribution is -0.139. The summed E-state index contributed by atoms with van der Waals surface area (Å²) in [5.74, 6) is 1.40. The highest BCUT2D eigenvalue weighted by molar-refractivity contribution is 7.99. The standard InChI is InChI=1S/C26H29FN4O3S/c1-4-14-33-24(32)22-17(3)28-25-29-26(35-15-5-2)30-31(25)23(22)18-10-12-20(13-11-18)34-16-19-8-6-7-9-21(19)27/h6-13,23H,4-5,14-16H2,1-3H3,(H,28,29,30). The van der Waals surface area contributed by atoms with Crippen LogP contribution in [0.15, 0.2) is 65.0 Å². The molecule has 1 unspecified atom stereocenters. The molecule has 0 radical (unpaired) electrons. The van der Waals surface area contributed by atoms with E-state index in [1.807, 2.05) is 38.1 Å². The van der Waals surface area contributed by atoms with Crippen LogP contribution in [0.1, 0.15) is 50.8 Å². The van der Waals surface area contributed by atoms with E-state index >= 15 is 0 Å². The maximum atomic E-state index is 13.9. The minimum Gasteiger partial charge on any atom is -0.489 e. The monoisotopic (exact) mass is 496 g/mol. The van der Waals surface area contributed by atoms with E-state index in [0.29, 0.717) is 40.3 Å². The summed E-state index contributed by atoms with van der Waals surface area (Å²) in [6.07, 6.45) is 1.74. The molecular weight excluding hydrogens is 467 g/mol. The summed E-state index contributed by atoms with van der Waals surface area (Å²) in [5, 5.41) is 8.56. The molecule has 3 aromatic rings. The topological polar surface area (TPSA) is 78.3 Å². The molecule has 0 saturated carbocycles. The van der Waals surface area contributed by atoms with Crippen molar-refractivity contribution in [3.8, 4) is 5.75 Å². The number of fused-ring (bicyclic) bond motifs is 1. The highest BCUT2D eigenvalue weighted by Crippen LogP contribution is 2.37. The van der Waals surface area contributed by atoms with Gasteiger partial charge in [0, 0.05) is 17.0 Å². The number of carbonyl (C=O) groups excluding carboxylic acids is 1. The number of hydrogen-bond donors (Lipinski definition) is 1. The van der Waals surface area contributed by atoms with Gasteiger partial charge in [0.05, 0.1) is 12.2 Å². The SMILES string of the molecule is CCCOC(=O)C1=C(C)Nc2nc(SCCC)nn2C1c1ccc(OCc2ccccc2F)cc1. The molecule has 0 fully saturated rings. The van der Waals surface area contributed by atoms with E-state index in [4.69, 9.17) is 14.6 Å². The Labute approximate surface area is 208 Å². The largest absolute Gasteiger partial charge is 0.489 e. The summed E-state index contributed by atoms with van der Waals surface area (Å²) < 4.78 is 26.9. The smallest absolute Gasteiger partial charge is 0.338 e. The van der Waals surface area contributed by atoms with Crippen LogP contribution in [0, 0.1) is 5.82 Å². The number of hydrogen-bond acceptors (Lipinski definition) is 7. The average molecular weight is 497 g/mol. The highest BCUT2D eigenvalue weighted by Gasteiger charge is 2.35. The molecule has 2 aromatic carbocycles. The number of halogens is 1. The molecule has 0 amide bonds. The van der Waals surface area contributed by atoms with Crippen molar-refractivity contribution in [1.82, 2.24) is 14.8 Å². The van der Waals surface area contributed by atoms with Crippen molar-refractivity contribution < 1.29 is 18.7 Å². The molecule has 0 aliphatic carbocycles. The minimum absolute atomic E-state index is 0.123. The number of benzene rings is 2. The molecule has 4 rings (SSSR count). The summed E-state index contributed by atoms with van der Waals surface area (Å²) in [6, 6.07) is 13.4. The number of esters is 1. The van der Waals surface area contributed by atoms with Gasteiger partial charge in [-0.15, -0.1) is 5.10 Å². The third kappa shape index (κ3) is 5.67. The zero-order valence-corrected chi connectivity index (χ0v) is 20.9. The Morgan fingerprint density at radius 2 is 1.91 bits per heavy atom. The van der Waals surface area contributed by atoms with Crippen LogP contribution in [0.4, 0.5) is 10.3 Å². The Kier molecular flexibility index (Phi) is 8.07. The number of thioether (sulfide) groups is 1. The predicted octanol–water partition coefficient (Wildman–Crippen LogP) is 5.74. The van der Waals surface area contributed by atoms with Gasteiger partial charge in [-0.25, -0.2) is 13.9 Å². The van der Waals surface area contributed by atoms with Crippen molar-refractivity contribution in [2.45, 2.75) is 51.4 Å². The molecule has 0 bridgehead atoms. The van der Waals surface area contributed by atoms with E-state index in [2.05, 4.69) is 17.2 Å². The van der Waals surface area contributed by atoms with E-state index in [1.165, 1.54) is 6.07 Å². The van der Waals surface area contributed by atoms with Gasteiger partial charge in [-0.05, 0) is 43.5 Å². The normalized spacial score (nSPS) is 14.9. The molecule has 7 nitrogen and oxygen atoms in total. The predicted molar refractivity (Wildman–Crippen MR) is 134 cm³/mol. The van der Waals surface area contributed by atoms with Gasteiger partial charge in [0.15, 0.2) is 0 Å². The Hall–Kier alpha value is -3.33. The first kappa shape index (κ1) is 24.8. The van der Waals surface area contributed by atoms with Crippen LogP contribution in [-0.4, -0.2) is 33.1 Å². The van der Waals surface area contributed by atoms with E-state index in [0.717, 1.165) is 24.2 Å². The Morgan fingerprint density at radius 1 is 1.14 bits per heavy atom. The van der Waals surface area contributed by atoms with Gasteiger partial charge in [0.1, 0.15) is 24.2 Å². The molecule has 1 aromatic heterocycles. The summed E-state index contributed by atoms with van der Waals surface area (Å²) in [7, 11) is 0. The van der Waals surface area contributed by atoms with E-state index in [9.17, 15) is 9.18 Å². The molecule has 2 heterocycles. The molecule has 0 saturated heterocycles. The van der Waals surface area contributed by atoms with Crippen molar-refractivity contribution >= 4 is 23.7 Å². The van der Waals surface area contributed by atoms with Gasteiger partial charge < -0.3 is 14.8 Å². The van der Waals surface area contributed by atoms with Gasteiger partial charge in [-0.3, -0.25) is 0 Å². The van der Waals surface area contributed by atoms with Crippen LogP contribution in [0.3, 0.4) is 0 Å². The number of rotatable bonds is 10. The molecule has 35 heavy (non-hydrogen) atoms. The molecule has 1 N–H and O–H groups in total. The second kappa shape index (κ2) is 11.4. The molecule has 1 aliphatic rings. The number of nitrogens with zero attached hydrogens (tertiary/aromatic N) is 3. The Bertz CT molecular complexity index is 1210. The Morgan fingerprint density at radius 3 is 2.63 bits per heavy atom. The zero-order valence-electron chi connectivity index (χ0n) is 20.1. The summed E-state index contributed by atoms with van der Waals surface area (Å²) in [6.45, 7) is 6.37. The van der Waals surface area contributed by atoms with Crippen LogP contribution < -0.4 is 10.1 Å². The van der Waals surface area contributed by atoms with Crippen molar-refractivity contribution in [3.63, 3.8) is 0 Å². The molecule has 0 spiro atoms. The van der Waals surface area contributed by atoms with Gasteiger partial charge in [-0.1, -0.05) is 55.9 Å². The summed E-state index contributed by atoms with van der Waals surface area (Å²) in [5.41, 5.74) is 2.50. The van der Waals surface area contributed by atoms with E-state index < -0.39 is 6.04 Å². The number of allylic oxidation sites excluding steroid dienone is 1. The number of aromatic nitrogens is 3. The minimum atomic E-state index is -0.500. The van der Waals surface area contributed by atoms with Crippen molar-refractivity contribution in [2.75, 3.05) is 17.7 Å².